The summed E-state index contributed by atoms with van der Waals surface area (Å²) < 4.78 is 32.0. The van der Waals surface area contributed by atoms with Gasteiger partial charge in [0, 0.05) is 18.4 Å². The maximum Gasteiger partial charge on any atom is 0.220 e. The summed E-state index contributed by atoms with van der Waals surface area (Å²) >= 11 is 0. The van der Waals surface area contributed by atoms with Gasteiger partial charge >= 0.3 is 0 Å². The van der Waals surface area contributed by atoms with Crippen molar-refractivity contribution in [1.82, 2.24) is 5.32 Å². The standard InChI is InChI=1S/C19H19F2NO2/c1-24-18-5-3-2-4-14(18)15-11-17(15)22-19(23)9-6-12-10-13(20)7-8-16(12)21/h2-5,7-8,10,15,17H,6,9,11H2,1H3,(H,22,23). The van der Waals surface area contributed by atoms with Gasteiger partial charge in [-0.15, -0.1) is 0 Å². The predicted molar refractivity (Wildman–Crippen MR) is 87.0 cm³/mol. The molecule has 24 heavy (non-hydrogen) atoms. The second kappa shape index (κ2) is 6.99. The van der Waals surface area contributed by atoms with Crippen LogP contribution in [0.3, 0.4) is 0 Å². The molecule has 1 N–H and O–H groups in total. The summed E-state index contributed by atoms with van der Waals surface area (Å²) in [6.07, 6.45) is 1.18. The van der Waals surface area contributed by atoms with Gasteiger partial charge in [0.15, 0.2) is 0 Å². The topological polar surface area (TPSA) is 38.3 Å². The van der Waals surface area contributed by atoms with E-state index in [1.165, 1.54) is 0 Å². The van der Waals surface area contributed by atoms with Gasteiger partial charge in [0.2, 0.25) is 5.91 Å². The molecule has 1 fully saturated rings. The average molecular weight is 331 g/mol. The molecule has 2 aromatic carbocycles. The van der Waals surface area contributed by atoms with Crippen molar-refractivity contribution in [2.75, 3.05) is 7.11 Å². The third kappa shape index (κ3) is 3.72. The third-order valence-corrected chi connectivity index (χ3v) is 4.30. The monoisotopic (exact) mass is 331 g/mol. The van der Waals surface area contributed by atoms with Crippen LogP contribution in [0, 0.1) is 11.6 Å². The molecular weight excluding hydrogens is 312 g/mol. The molecule has 0 bridgehead atoms. The van der Waals surface area contributed by atoms with Crippen molar-refractivity contribution in [3.63, 3.8) is 0 Å². The quantitative estimate of drug-likeness (QED) is 0.879. The molecule has 2 atom stereocenters. The number of methoxy groups -OCH3 is 1. The summed E-state index contributed by atoms with van der Waals surface area (Å²) in [5.41, 5.74) is 1.31. The summed E-state index contributed by atoms with van der Waals surface area (Å²) in [4.78, 5) is 12.0. The number of para-hydroxylation sites is 1. The Morgan fingerprint density at radius 3 is 2.83 bits per heavy atom. The van der Waals surface area contributed by atoms with Crippen molar-refractivity contribution < 1.29 is 18.3 Å². The minimum Gasteiger partial charge on any atom is -0.496 e. The van der Waals surface area contributed by atoms with E-state index in [9.17, 15) is 13.6 Å². The fourth-order valence-corrected chi connectivity index (χ4v) is 2.93. The third-order valence-electron chi connectivity index (χ3n) is 4.30. The van der Waals surface area contributed by atoms with Gasteiger partial charge in [-0.1, -0.05) is 18.2 Å². The fraction of sp³-hybridized carbons (Fsp3) is 0.316. The second-order valence-corrected chi connectivity index (χ2v) is 5.99. The van der Waals surface area contributed by atoms with Gasteiger partial charge in [-0.25, -0.2) is 8.78 Å². The van der Waals surface area contributed by atoms with Crippen LogP contribution in [0.25, 0.3) is 0 Å². The Bertz CT molecular complexity index is 748. The summed E-state index contributed by atoms with van der Waals surface area (Å²) in [5.74, 6) is -0.0640. The van der Waals surface area contributed by atoms with Gasteiger partial charge in [-0.05, 0) is 48.2 Å². The van der Waals surface area contributed by atoms with Crippen LogP contribution in [0.2, 0.25) is 0 Å². The molecule has 5 heteroatoms. The normalized spacial score (nSPS) is 19.0. The molecule has 2 unspecified atom stereocenters. The van der Waals surface area contributed by atoms with Crippen LogP contribution in [-0.2, 0) is 11.2 Å². The molecule has 3 nitrogen and oxygen atoms in total. The van der Waals surface area contributed by atoms with Gasteiger partial charge in [0.1, 0.15) is 17.4 Å². The first-order valence-electron chi connectivity index (χ1n) is 7.94. The molecular formula is C19H19F2NO2. The predicted octanol–water partition coefficient (Wildman–Crippen LogP) is 3.58. The number of carbonyl (C=O) groups excluding carboxylic acids is 1. The highest BCUT2D eigenvalue weighted by molar-refractivity contribution is 5.77. The summed E-state index contributed by atoms with van der Waals surface area (Å²) in [6, 6.07) is 11.1. The molecule has 0 aliphatic heterocycles. The molecule has 3 rings (SSSR count). The number of carbonyl (C=O) groups is 1. The van der Waals surface area contributed by atoms with E-state index in [-0.39, 0.29) is 36.3 Å². The Morgan fingerprint density at radius 1 is 1.25 bits per heavy atom. The lowest BCUT2D eigenvalue weighted by Gasteiger charge is -2.09. The largest absolute Gasteiger partial charge is 0.496 e. The molecule has 1 aliphatic carbocycles. The Morgan fingerprint density at radius 2 is 2.04 bits per heavy atom. The maximum atomic E-state index is 13.5. The lowest BCUT2D eigenvalue weighted by molar-refractivity contribution is -0.121. The van der Waals surface area contributed by atoms with Crippen LogP contribution in [0.5, 0.6) is 5.75 Å². The fourth-order valence-electron chi connectivity index (χ4n) is 2.93. The number of ether oxygens (including phenoxy) is 1. The highest BCUT2D eigenvalue weighted by Gasteiger charge is 2.40. The van der Waals surface area contributed by atoms with E-state index < -0.39 is 11.6 Å². The van der Waals surface area contributed by atoms with E-state index >= 15 is 0 Å². The highest BCUT2D eigenvalue weighted by Crippen LogP contribution is 2.44. The number of nitrogens with one attached hydrogen (secondary N) is 1. The summed E-state index contributed by atoms with van der Waals surface area (Å²) in [7, 11) is 1.63. The van der Waals surface area contributed by atoms with E-state index in [1.54, 1.807) is 7.11 Å². The Balaban J connectivity index is 1.53. The smallest absolute Gasteiger partial charge is 0.220 e. The Kier molecular flexibility index (Phi) is 4.79. The van der Waals surface area contributed by atoms with Gasteiger partial charge in [-0.2, -0.15) is 0 Å². The van der Waals surface area contributed by atoms with Crippen molar-refractivity contribution in [3.05, 3.63) is 65.2 Å². The van der Waals surface area contributed by atoms with Crippen LogP contribution >= 0.6 is 0 Å². The van der Waals surface area contributed by atoms with Crippen LogP contribution in [0.1, 0.15) is 29.9 Å². The molecule has 2 aromatic rings. The molecule has 126 valence electrons. The zero-order valence-electron chi connectivity index (χ0n) is 13.4. The van der Waals surface area contributed by atoms with Gasteiger partial charge in [0.05, 0.1) is 7.11 Å². The number of amides is 1. The van der Waals surface area contributed by atoms with Crippen molar-refractivity contribution in [1.29, 1.82) is 0 Å². The number of rotatable bonds is 6. The van der Waals surface area contributed by atoms with E-state index in [0.29, 0.717) is 0 Å². The summed E-state index contributed by atoms with van der Waals surface area (Å²) in [5, 5.41) is 2.95. The molecule has 0 saturated heterocycles. The molecule has 1 saturated carbocycles. The minimum atomic E-state index is -0.495. The molecule has 1 amide bonds. The lowest BCUT2D eigenvalue weighted by Crippen LogP contribution is -2.26. The van der Waals surface area contributed by atoms with Crippen molar-refractivity contribution in [2.45, 2.75) is 31.2 Å². The van der Waals surface area contributed by atoms with E-state index in [2.05, 4.69) is 5.32 Å². The van der Waals surface area contributed by atoms with E-state index in [4.69, 9.17) is 4.74 Å². The zero-order chi connectivity index (χ0) is 17.1. The van der Waals surface area contributed by atoms with Gasteiger partial charge in [-0.3, -0.25) is 4.79 Å². The molecule has 0 radical (unpaired) electrons. The van der Waals surface area contributed by atoms with Crippen molar-refractivity contribution >= 4 is 5.91 Å². The first-order valence-corrected chi connectivity index (χ1v) is 7.94. The molecule has 0 aromatic heterocycles. The van der Waals surface area contributed by atoms with Gasteiger partial charge in [0.25, 0.3) is 0 Å². The number of hydrogen-bond donors (Lipinski definition) is 1. The van der Waals surface area contributed by atoms with Gasteiger partial charge < -0.3 is 10.1 Å². The lowest BCUT2D eigenvalue weighted by atomic mass is 10.1. The highest BCUT2D eigenvalue weighted by atomic mass is 19.1. The molecule has 1 aliphatic rings. The van der Waals surface area contributed by atoms with Crippen LogP contribution in [0.4, 0.5) is 8.78 Å². The number of halogens is 2. The molecule has 0 heterocycles. The van der Waals surface area contributed by atoms with Crippen molar-refractivity contribution in [3.8, 4) is 5.75 Å². The number of benzene rings is 2. The van der Waals surface area contributed by atoms with E-state index in [0.717, 1.165) is 35.9 Å². The minimum absolute atomic E-state index is 0.0751. The second-order valence-electron chi connectivity index (χ2n) is 5.99. The van der Waals surface area contributed by atoms with Crippen LogP contribution in [0.15, 0.2) is 42.5 Å². The Labute approximate surface area is 139 Å². The number of aryl methyl sites for hydroxylation is 1. The van der Waals surface area contributed by atoms with E-state index in [1.807, 2.05) is 24.3 Å². The first kappa shape index (κ1) is 16.4. The maximum absolute atomic E-state index is 13.5. The van der Waals surface area contributed by atoms with Crippen LogP contribution < -0.4 is 10.1 Å². The van der Waals surface area contributed by atoms with Crippen molar-refractivity contribution in [2.24, 2.45) is 0 Å². The Hall–Kier alpha value is -2.43. The summed E-state index contributed by atoms with van der Waals surface area (Å²) in [6.45, 7) is 0. The van der Waals surface area contributed by atoms with Crippen LogP contribution in [-0.4, -0.2) is 19.1 Å². The molecule has 0 spiro atoms. The SMILES string of the molecule is COc1ccccc1C1CC1NC(=O)CCc1cc(F)ccc1F. The average Bonchev–Trinajstić information content (AvgIpc) is 3.34. The first-order chi connectivity index (χ1) is 11.6. The zero-order valence-corrected chi connectivity index (χ0v) is 13.4. The number of hydrogen-bond acceptors (Lipinski definition) is 2.